The van der Waals surface area contributed by atoms with Crippen molar-refractivity contribution in [3.63, 3.8) is 0 Å². The van der Waals surface area contributed by atoms with Crippen LogP contribution in [0, 0.1) is 0 Å². The van der Waals surface area contributed by atoms with E-state index in [1.807, 2.05) is 35.4 Å². The molecule has 0 aliphatic carbocycles. The number of carbonyl (C=O) groups is 1. The smallest absolute Gasteiger partial charge is 0.246 e. The number of rotatable bonds is 4. The van der Waals surface area contributed by atoms with Crippen LogP contribution in [0.15, 0.2) is 23.6 Å². The zero-order chi connectivity index (χ0) is 14.7. The average Bonchev–Trinajstić information content (AvgIpc) is 3.20. The van der Waals surface area contributed by atoms with Crippen molar-refractivity contribution < 1.29 is 14.3 Å². The van der Waals surface area contributed by atoms with Crippen molar-refractivity contribution in [2.75, 3.05) is 26.3 Å². The fourth-order valence-electron chi connectivity index (χ4n) is 3.11. The van der Waals surface area contributed by atoms with Crippen LogP contribution >= 0.6 is 11.3 Å². The molecule has 1 spiro atoms. The summed E-state index contributed by atoms with van der Waals surface area (Å²) in [7, 11) is 0. The summed E-state index contributed by atoms with van der Waals surface area (Å²) in [6, 6.07) is 3.99. The maximum Gasteiger partial charge on any atom is 0.246 e. The van der Waals surface area contributed by atoms with Crippen molar-refractivity contribution in [3.05, 3.63) is 28.5 Å². The van der Waals surface area contributed by atoms with E-state index in [-0.39, 0.29) is 17.6 Å². The fraction of sp³-hybridized carbons (Fsp3) is 0.562. The Morgan fingerprint density at radius 3 is 3.33 bits per heavy atom. The molecule has 0 radical (unpaired) electrons. The zero-order valence-electron chi connectivity index (χ0n) is 12.3. The minimum absolute atomic E-state index is 0.0729. The van der Waals surface area contributed by atoms with Crippen molar-refractivity contribution in [2.45, 2.75) is 31.5 Å². The van der Waals surface area contributed by atoms with Crippen molar-refractivity contribution in [1.82, 2.24) is 4.90 Å². The number of nitrogens with zero attached hydrogens (tertiary/aromatic N) is 1. The number of likely N-dealkylation sites (tertiary alicyclic amines) is 1. The Hall–Kier alpha value is -1.17. The van der Waals surface area contributed by atoms with Crippen molar-refractivity contribution in [2.24, 2.45) is 0 Å². The van der Waals surface area contributed by atoms with Crippen LogP contribution in [0.2, 0.25) is 0 Å². The predicted molar refractivity (Wildman–Crippen MR) is 83.3 cm³/mol. The number of ether oxygens (including phenoxy) is 2. The van der Waals surface area contributed by atoms with Crippen LogP contribution < -0.4 is 0 Å². The molecule has 0 bridgehead atoms. The van der Waals surface area contributed by atoms with Crippen molar-refractivity contribution in [1.29, 1.82) is 0 Å². The number of amides is 1. The lowest BCUT2D eigenvalue weighted by atomic mass is 9.98. The molecule has 1 aromatic heterocycles. The van der Waals surface area contributed by atoms with E-state index in [2.05, 4.69) is 0 Å². The Labute approximate surface area is 129 Å². The van der Waals surface area contributed by atoms with Gasteiger partial charge in [0.15, 0.2) is 0 Å². The van der Waals surface area contributed by atoms with Gasteiger partial charge in [0.1, 0.15) is 0 Å². The highest BCUT2D eigenvalue weighted by Gasteiger charge is 2.46. The van der Waals surface area contributed by atoms with Gasteiger partial charge in [0.2, 0.25) is 5.91 Å². The third kappa shape index (κ3) is 3.36. The van der Waals surface area contributed by atoms with E-state index in [4.69, 9.17) is 9.47 Å². The van der Waals surface area contributed by atoms with Crippen LogP contribution in [0.25, 0.3) is 6.08 Å². The zero-order valence-corrected chi connectivity index (χ0v) is 13.1. The highest BCUT2D eigenvalue weighted by Crippen LogP contribution is 2.36. The van der Waals surface area contributed by atoms with E-state index in [1.54, 1.807) is 17.4 Å². The summed E-state index contributed by atoms with van der Waals surface area (Å²) in [5.41, 5.74) is -0.174. The Bertz CT molecular complexity index is 514. The maximum absolute atomic E-state index is 12.2. The van der Waals surface area contributed by atoms with E-state index in [1.165, 1.54) is 0 Å². The second-order valence-electron chi connectivity index (χ2n) is 5.63. The minimum atomic E-state index is -0.174. The van der Waals surface area contributed by atoms with Gasteiger partial charge in [-0.3, -0.25) is 4.79 Å². The molecular weight excluding hydrogens is 286 g/mol. The highest BCUT2D eigenvalue weighted by molar-refractivity contribution is 7.10. The summed E-state index contributed by atoms with van der Waals surface area (Å²) >= 11 is 1.63. The molecule has 0 saturated carbocycles. The van der Waals surface area contributed by atoms with E-state index in [0.717, 1.165) is 30.9 Å². The monoisotopic (exact) mass is 307 g/mol. The quantitative estimate of drug-likeness (QED) is 0.803. The van der Waals surface area contributed by atoms with Gasteiger partial charge >= 0.3 is 0 Å². The molecule has 2 saturated heterocycles. The van der Waals surface area contributed by atoms with E-state index in [0.29, 0.717) is 13.2 Å². The lowest BCUT2D eigenvalue weighted by Gasteiger charge is -2.22. The van der Waals surface area contributed by atoms with Gasteiger partial charge < -0.3 is 14.4 Å². The molecule has 2 aliphatic heterocycles. The molecule has 21 heavy (non-hydrogen) atoms. The van der Waals surface area contributed by atoms with Crippen LogP contribution in [-0.2, 0) is 14.3 Å². The molecule has 5 heteroatoms. The van der Waals surface area contributed by atoms with Crippen LogP contribution in [0.5, 0.6) is 0 Å². The molecule has 114 valence electrons. The average molecular weight is 307 g/mol. The Morgan fingerprint density at radius 2 is 2.57 bits per heavy atom. The summed E-state index contributed by atoms with van der Waals surface area (Å²) < 4.78 is 11.6. The van der Waals surface area contributed by atoms with Crippen LogP contribution in [0.4, 0.5) is 0 Å². The van der Waals surface area contributed by atoms with Gasteiger partial charge in [-0.05, 0) is 30.9 Å². The second-order valence-corrected chi connectivity index (χ2v) is 6.61. The molecule has 3 heterocycles. The lowest BCUT2D eigenvalue weighted by molar-refractivity contribution is -0.126. The predicted octanol–water partition coefficient (Wildman–Crippen LogP) is 2.56. The summed E-state index contributed by atoms with van der Waals surface area (Å²) in [5, 5.41) is 2.01. The number of hydrogen-bond donors (Lipinski definition) is 0. The van der Waals surface area contributed by atoms with Crippen LogP contribution in [0.1, 0.15) is 24.6 Å². The summed E-state index contributed by atoms with van der Waals surface area (Å²) in [6.07, 6.45) is 5.55. The second kappa shape index (κ2) is 6.30. The molecule has 0 N–H and O–H groups in total. The number of hydrogen-bond acceptors (Lipinski definition) is 4. The van der Waals surface area contributed by atoms with E-state index >= 15 is 0 Å². The van der Waals surface area contributed by atoms with Crippen molar-refractivity contribution in [3.8, 4) is 0 Å². The third-order valence-corrected chi connectivity index (χ3v) is 4.98. The van der Waals surface area contributed by atoms with Gasteiger partial charge in [-0.2, -0.15) is 0 Å². The first-order valence-electron chi connectivity index (χ1n) is 7.47. The Morgan fingerprint density at radius 1 is 1.67 bits per heavy atom. The summed E-state index contributed by atoms with van der Waals surface area (Å²) in [4.78, 5) is 15.2. The van der Waals surface area contributed by atoms with Gasteiger partial charge in [0, 0.05) is 30.5 Å². The SMILES string of the molecule is CCO[C@H]1CO[C@@]2(CCN(C(=O)/C=C/c3cccs3)C2)C1. The van der Waals surface area contributed by atoms with Gasteiger partial charge in [0.05, 0.1) is 24.9 Å². The van der Waals surface area contributed by atoms with Gasteiger partial charge in [-0.1, -0.05) is 6.07 Å². The number of carbonyl (C=O) groups excluding carboxylic acids is 1. The Balaban J connectivity index is 1.56. The molecule has 1 aromatic rings. The number of thiophene rings is 1. The molecular formula is C16H21NO3S. The first-order chi connectivity index (χ1) is 10.2. The fourth-order valence-corrected chi connectivity index (χ4v) is 3.73. The van der Waals surface area contributed by atoms with Gasteiger partial charge in [0.25, 0.3) is 0 Å². The normalized spacial score (nSPS) is 29.0. The topological polar surface area (TPSA) is 38.8 Å². The lowest BCUT2D eigenvalue weighted by Crippen LogP contribution is -2.35. The molecule has 2 fully saturated rings. The van der Waals surface area contributed by atoms with Crippen LogP contribution in [-0.4, -0.2) is 48.8 Å². The largest absolute Gasteiger partial charge is 0.376 e. The van der Waals surface area contributed by atoms with E-state index in [9.17, 15) is 4.79 Å². The molecule has 2 aliphatic rings. The maximum atomic E-state index is 12.2. The molecule has 0 aromatic carbocycles. The molecule has 3 rings (SSSR count). The highest BCUT2D eigenvalue weighted by atomic mass is 32.1. The third-order valence-electron chi connectivity index (χ3n) is 4.14. The van der Waals surface area contributed by atoms with E-state index < -0.39 is 0 Å². The molecule has 2 atom stereocenters. The first kappa shape index (κ1) is 14.8. The first-order valence-corrected chi connectivity index (χ1v) is 8.35. The standard InChI is InChI=1S/C16H21NO3S/c1-2-19-13-10-16(20-11-13)7-8-17(12-16)15(18)6-5-14-4-3-9-21-14/h3-6,9,13H,2,7-8,10-12H2,1H3/b6-5+/t13-,16+/m1/s1. The summed E-state index contributed by atoms with van der Waals surface area (Å²) in [5.74, 6) is 0.0729. The molecule has 1 amide bonds. The van der Waals surface area contributed by atoms with Crippen molar-refractivity contribution >= 4 is 23.3 Å². The van der Waals surface area contributed by atoms with Gasteiger partial charge in [-0.25, -0.2) is 0 Å². The van der Waals surface area contributed by atoms with Gasteiger partial charge in [-0.15, -0.1) is 11.3 Å². The van der Waals surface area contributed by atoms with Crippen LogP contribution in [0.3, 0.4) is 0 Å². The molecule has 4 nitrogen and oxygen atoms in total. The summed E-state index contributed by atoms with van der Waals surface area (Å²) in [6.45, 7) is 4.83. The minimum Gasteiger partial charge on any atom is -0.376 e. The Kier molecular flexibility index (Phi) is 4.42. The molecule has 0 unspecified atom stereocenters.